The van der Waals surface area contributed by atoms with Crippen molar-refractivity contribution >= 4 is 71.2 Å². The third-order valence-corrected chi connectivity index (χ3v) is 12.7. The van der Waals surface area contributed by atoms with Gasteiger partial charge in [-0.05, 0) is 127 Å². The molecule has 1 aromatic heterocycles. The molecule has 0 atom stereocenters. The first-order chi connectivity index (χ1) is 28.0. The molecule has 0 unspecified atom stereocenters. The molecule has 1 heterocycles. The Bertz CT molecular complexity index is 3320. The second-order valence-electron chi connectivity index (χ2n) is 16.1. The molecular weight excluding hydrogens is 689 g/mol. The zero-order chi connectivity index (χ0) is 37.8. The smallest absolute Gasteiger partial charge is 0.0620 e. The van der Waals surface area contributed by atoms with Crippen LogP contribution in [-0.4, -0.2) is 4.57 Å². The van der Waals surface area contributed by atoms with Gasteiger partial charge in [-0.1, -0.05) is 141 Å². The van der Waals surface area contributed by atoms with Gasteiger partial charge in [0, 0.05) is 44.3 Å². The van der Waals surface area contributed by atoms with Crippen molar-refractivity contribution in [1.29, 1.82) is 0 Å². The molecule has 1 aliphatic rings. The molecule has 1 aliphatic carbocycles. The molecule has 11 aromatic rings. The summed E-state index contributed by atoms with van der Waals surface area (Å²) in [6.07, 6.45) is 0. The van der Waals surface area contributed by atoms with Crippen molar-refractivity contribution < 1.29 is 0 Å². The molecule has 12 rings (SSSR count). The second kappa shape index (κ2) is 11.9. The Hall–Kier alpha value is -7.16. The van der Waals surface area contributed by atoms with Crippen LogP contribution in [0, 0.1) is 0 Å². The Balaban J connectivity index is 1.02. The van der Waals surface area contributed by atoms with E-state index in [0.29, 0.717) is 0 Å². The number of benzene rings is 10. The van der Waals surface area contributed by atoms with Crippen LogP contribution in [0.25, 0.3) is 82.1 Å². The van der Waals surface area contributed by atoms with Gasteiger partial charge in [0.05, 0.1) is 11.0 Å². The highest BCUT2D eigenvalue weighted by atomic mass is 15.1. The Kier molecular flexibility index (Phi) is 6.72. The van der Waals surface area contributed by atoms with E-state index in [1.165, 1.54) is 98.9 Å². The number of hydrogen-bond acceptors (Lipinski definition) is 1. The predicted octanol–water partition coefficient (Wildman–Crippen LogP) is 15.1. The van der Waals surface area contributed by atoms with Crippen molar-refractivity contribution in [3.63, 3.8) is 0 Å². The van der Waals surface area contributed by atoms with Crippen LogP contribution in [0.3, 0.4) is 0 Å². The van der Waals surface area contributed by atoms with Crippen molar-refractivity contribution in [3.05, 3.63) is 205 Å². The van der Waals surface area contributed by atoms with E-state index < -0.39 is 0 Å². The summed E-state index contributed by atoms with van der Waals surface area (Å²) in [6, 6.07) is 71.7. The molecule has 0 fully saturated rings. The van der Waals surface area contributed by atoms with Gasteiger partial charge in [-0.15, -0.1) is 0 Å². The Morgan fingerprint density at radius 3 is 1.74 bits per heavy atom. The molecule has 0 bridgehead atoms. The third-order valence-electron chi connectivity index (χ3n) is 12.7. The minimum atomic E-state index is -0.185. The van der Waals surface area contributed by atoms with Crippen molar-refractivity contribution in [1.82, 2.24) is 4.57 Å². The summed E-state index contributed by atoms with van der Waals surface area (Å²) >= 11 is 0. The molecule has 57 heavy (non-hydrogen) atoms. The number of anilines is 3. The molecule has 0 N–H and O–H groups in total. The van der Waals surface area contributed by atoms with Gasteiger partial charge in [-0.3, -0.25) is 0 Å². The molecule has 0 radical (unpaired) electrons. The van der Waals surface area contributed by atoms with Gasteiger partial charge in [-0.25, -0.2) is 0 Å². The largest absolute Gasteiger partial charge is 0.310 e. The minimum absolute atomic E-state index is 0.185. The highest BCUT2D eigenvalue weighted by Crippen LogP contribution is 2.52. The molecule has 268 valence electrons. The zero-order valence-electron chi connectivity index (χ0n) is 31.9. The molecule has 2 heteroatoms. The highest BCUT2D eigenvalue weighted by Gasteiger charge is 2.36. The normalized spacial score (nSPS) is 13.2. The summed E-state index contributed by atoms with van der Waals surface area (Å²) in [6.45, 7) is 4.78. The number of rotatable bonds is 5. The fraction of sp³-hybridized carbons (Fsp3) is 0.0545. The lowest BCUT2D eigenvalue weighted by Crippen LogP contribution is -2.16. The van der Waals surface area contributed by atoms with E-state index in [9.17, 15) is 0 Å². The van der Waals surface area contributed by atoms with Crippen molar-refractivity contribution in [2.75, 3.05) is 4.90 Å². The van der Waals surface area contributed by atoms with Crippen LogP contribution in [0.15, 0.2) is 194 Å². The SMILES string of the molecule is CC1(C)c2cc(-c3ccc4ccc5c6c(ccc3c46)cc3c4ccccc4n(-c4ccccc4)c35)ccc2-c2ccc(N(c3ccccc3)c3ccccc3)cc21. The van der Waals surface area contributed by atoms with E-state index in [2.05, 4.69) is 217 Å². The van der Waals surface area contributed by atoms with Crippen LogP contribution in [0.1, 0.15) is 25.0 Å². The second-order valence-corrected chi connectivity index (χ2v) is 16.1. The summed E-state index contributed by atoms with van der Waals surface area (Å²) in [7, 11) is 0. The summed E-state index contributed by atoms with van der Waals surface area (Å²) in [5.41, 5.74) is 14.9. The van der Waals surface area contributed by atoms with Gasteiger partial charge in [-0.2, -0.15) is 0 Å². The minimum Gasteiger partial charge on any atom is -0.310 e. The first-order valence-corrected chi connectivity index (χ1v) is 19.9. The zero-order valence-corrected chi connectivity index (χ0v) is 31.9. The van der Waals surface area contributed by atoms with E-state index in [-0.39, 0.29) is 5.41 Å². The predicted molar refractivity (Wildman–Crippen MR) is 242 cm³/mol. The topological polar surface area (TPSA) is 8.17 Å². The molecule has 0 saturated heterocycles. The molecule has 0 amide bonds. The summed E-state index contributed by atoms with van der Waals surface area (Å²) in [5, 5.41) is 10.4. The highest BCUT2D eigenvalue weighted by molar-refractivity contribution is 6.32. The van der Waals surface area contributed by atoms with Crippen molar-refractivity contribution in [2.45, 2.75) is 19.3 Å². The van der Waals surface area contributed by atoms with E-state index in [0.717, 1.165) is 11.4 Å². The van der Waals surface area contributed by atoms with E-state index in [4.69, 9.17) is 0 Å². The number of para-hydroxylation sites is 4. The van der Waals surface area contributed by atoms with Crippen LogP contribution in [0.4, 0.5) is 17.1 Å². The number of aromatic nitrogens is 1. The molecule has 0 spiro atoms. The van der Waals surface area contributed by atoms with Crippen LogP contribution >= 0.6 is 0 Å². The first kappa shape index (κ1) is 32.1. The van der Waals surface area contributed by atoms with Crippen LogP contribution in [-0.2, 0) is 5.41 Å². The first-order valence-electron chi connectivity index (χ1n) is 19.9. The van der Waals surface area contributed by atoms with Gasteiger partial charge >= 0.3 is 0 Å². The number of fused-ring (bicyclic) bond motifs is 7. The van der Waals surface area contributed by atoms with Crippen LogP contribution in [0.2, 0.25) is 0 Å². The summed E-state index contributed by atoms with van der Waals surface area (Å²) in [5.74, 6) is 0. The van der Waals surface area contributed by atoms with Crippen LogP contribution in [0.5, 0.6) is 0 Å². The van der Waals surface area contributed by atoms with Gasteiger partial charge in [0.1, 0.15) is 0 Å². The molecule has 0 saturated carbocycles. The summed E-state index contributed by atoms with van der Waals surface area (Å²) < 4.78 is 2.46. The van der Waals surface area contributed by atoms with Gasteiger partial charge in [0.25, 0.3) is 0 Å². The van der Waals surface area contributed by atoms with Crippen LogP contribution < -0.4 is 4.90 Å². The van der Waals surface area contributed by atoms with Crippen molar-refractivity contribution in [3.8, 4) is 27.9 Å². The molecule has 2 nitrogen and oxygen atoms in total. The maximum absolute atomic E-state index is 2.47. The monoisotopic (exact) mass is 726 g/mol. The maximum Gasteiger partial charge on any atom is 0.0620 e. The van der Waals surface area contributed by atoms with E-state index >= 15 is 0 Å². The third kappa shape index (κ3) is 4.59. The fourth-order valence-corrected chi connectivity index (χ4v) is 10.1. The number of hydrogen-bond donors (Lipinski definition) is 0. The van der Waals surface area contributed by atoms with Crippen molar-refractivity contribution in [2.24, 2.45) is 0 Å². The van der Waals surface area contributed by atoms with Gasteiger partial charge in [0.15, 0.2) is 0 Å². The number of nitrogens with zero attached hydrogens (tertiary/aromatic N) is 2. The molecule has 0 aliphatic heterocycles. The van der Waals surface area contributed by atoms with Gasteiger partial charge in [0.2, 0.25) is 0 Å². The van der Waals surface area contributed by atoms with E-state index in [1.54, 1.807) is 0 Å². The average Bonchev–Trinajstić information content (AvgIpc) is 3.71. The summed E-state index contributed by atoms with van der Waals surface area (Å²) in [4.78, 5) is 2.36. The van der Waals surface area contributed by atoms with Gasteiger partial charge < -0.3 is 9.47 Å². The molecular formula is C55H38N2. The lowest BCUT2D eigenvalue weighted by molar-refractivity contribution is 0.660. The molecule has 10 aromatic carbocycles. The maximum atomic E-state index is 2.47. The Morgan fingerprint density at radius 2 is 0.982 bits per heavy atom. The Morgan fingerprint density at radius 1 is 0.404 bits per heavy atom. The van der Waals surface area contributed by atoms with E-state index in [1.807, 2.05) is 0 Å². The quantitative estimate of drug-likeness (QED) is 0.160. The standard InChI is InChI=1S/C55H38N2/c1-55(2)49-33-36(24-28-43(49)44-31-26-41(34-50(44)55)56(38-14-6-3-7-15-38)39-16-8-4-9-17-39)42-27-22-35-23-30-47-53-37(25-29-46(42)52(35)53)32-48-45-20-12-13-21-51(45)57(54(47)48)40-18-10-5-11-19-40/h3-34H,1-2H3. The average molecular weight is 727 g/mol. The fourth-order valence-electron chi connectivity index (χ4n) is 10.1. The lowest BCUT2D eigenvalue weighted by atomic mass is 9.81. The lowest BCUT2D eigenvalue weighted by Gasteiger charge is -2.28. The Labute approximate surface area is 331 Å².